The average Bonchev–Trinajstić information content (AvgIpc) is 2.36. The van der Waals surface area contributed by atoms with Gasteiger partial charge in [0.25, 0.3) is 10.0 Å². The van der Waals surface area contributed by atoms with Crippen molar-refractivity contribution in [3.63, 3.8) is 0 Å². The quantitative estimate of drug-likeness (QED) is 0.858. The van der Waals surface area contributed by atoms with Crippen molar-refractivity contribution in [3.8, 4) is 0 Å². The fraction of sp³-hybridized carbons (Fsp3) is 0.143. The molecule has 0 aliphatic rings. The van der Waals surface area contributed by atoms with Crippen LogP contribution >= 0.6 is 27.5 Å². The molecular formula is C14H13BrClNO2S. The van der Waals surface area contributed by atoms with Crippen LogP contribution in [0.15, 0.2) is 45.8 Å². The lowest BCUT2D eigenvalue weighted by molar-refractivity contribution is 0.601. The molecule has 6 heteroatoms. The minimum atomic E-state index is -3.60. The van der Waals surface area contributed by atoms with E-state index in [1.807, 2.05) is 13.8 Å². The predicted molar refractivity (Wildman–Crippen MR) is 85.9 cm³/mol. The van der Waals surface area contributed by atoms with Gasteiger partial charge >= 0.3 is 0 Å². The van der Waals surface area contributed by atoms with Crippen LogP contribution in [0.25, 0.3) is 0 Å². The van der Waals surface area contributed by atoms with Crippen molar-refractivity contribution in [3.05, 3.63) is 57.0 Å². The molecule has 2 aromatic rings. The third-order valence-electron chi connectivity index (χ3n) is 2.81. The largest absolute Gasteiger partial charge is 0.280 e. The Hall–Kier alpha value is -1.04. The SMILES string of the molecule is Cc1cc(NS(=O)(=O)c2ccc(Cl)cc2)cc(C)c1Br. The van der Waals surface area contributed by atoms with Gasteiger partial charge in [-0.05, 0) is 61.4 Å². The van der Waals surface area contributed by atoms with Crippen molar-refractivity contribution in [2.24, 2.45) is 0 Å². The van der Waals surface area contributed by atoms with E-state index in [1.54, 1.807) is 24.3 Å². The molecule has 0 bridgehead atoms. The summed E-state index contributed by atoms with van der Waals surface area (Å²) < 4.78 is 28.1. The Balaban J connectivity index is 2.36. The van der Waals surface area contributed by atoms with E-state index in [-0.39, 0.29) is 4.90 Å². The first-order valence-electron chi connectivity index (χ1n) is 5.85. The first kappa shape index (κ1) is 15.4. The van der Waals surface area contributed by atoms with Crippen molar-refractivity contribution < 1.29 is 8.42 Å². The highest BCUT2D eigenvalue weighted by atomic mass is 79.9. The third-order valence-corrected chi connectivity index (χ3v) is 5.71. The van der Waals surface area contributed by atoms with Gasteiger partial charge in [0.05, 0.1) is 4.90 Å². The lowest BCUT2D eigenvalue weighted by Crippen LogP contribution is -2.13. The molecular weight excluding hydrogens is 362 g/mol. The molecule has 0 unspecified atom stereocenters. The van der Waals surface area contributed by atoms with Gasteiger partial charge in [-0.3, -0.25) is 4.72 Å². The standard InChI is InChI=1S/C14H13BrClNO2S/c1-9-7-12(8-10(2)14(9)15)17-20(18,19)13-5-3-11(16)4-6-13/h3-8,17H,1-2H3. The third kappa shape index (κ3) is 3.34. The van der Waals surface area contributed by atoms with E-state index in [0.29, 0.717) is 10.7 Å². The Bertz CT molecular complexity index is 719. The summed E-state index contributed by atoms with van der Waals surface area (Å²) in [6.07, 6.45) is 0. The average molecular weight is 375 g/mol. The van der Waals surface area contributed by atoms with Crippen molar-refractivity contribution in [1.82, 2.24) is 0 Å². The minimum Gasteiger partial charge on any atom is -0.280 e. The molecule has 0 heterocycles. The maximum absolute atomic E-state index is 12.3. The Morgan fingerprint density at radius 3 is 2.05 bits per heavy atom. The molecule has 20 heavy (non-hydrogen) atoms. The molecule has 106 valence electrons. The highest BCUT2D eigenvalue weighted by Crippen LogP contribution is 2.26. The topological polar surface area (TPSA) is 46.2 Å². The van der Waals surface area contributed by atoms with Crippen LogP contribution in [-0.4, -0.2) is 8.42 Å². The summed E-state index contributed by atoms with van der Waals surface area (Å²) >= 11 is 9.21. The van der Waals surface area contributed by atoms with E-state index in [1.165, 1.54) is 12.1 Å². The number of rotatable bonds is 3. The summed E-state index contributed by atoms with van der Waals surface area (Å²) in [7, 11) is -3.60. The second-order valence-corrected chi connectivity index (χ2v) is 7.40. The van der Waals surface area contributed by atoms with Gasteiger partial charge in [-0.2, -0.15) is 0 Å². The molecule has 1 N–H and O–H groups in total. The molecule has 0 aliphatic carbocycles. The summed E-state index contributed by atoms with van der Waals surface area (Å²) in [6, 6.07) is 9.62. The maximum Gasteiger partial charge on any atom is 0.261 e. The van der Waals surface area contributed by atoms with Gasteiger partial charge in [0.1, 0.15) is 0 Å². The van der Waals surface area contributed by atoms with Crippen molar-refractivity contribution in [2.75, 3.05) is 4.72 Å². The van der Waals surface area contributed by atoms with E-state index < -0.39 is 10.0 Å². The van der Waals surface area contributed by atoms with Gasteiger partial charge in [-0.15, -0.1) is 0 Å². The van der Waals surface area contributed by atoms with Crippen molar-refractivity contribution in [2.45, 2.75) is 18.7 Å². The van der Waals surface area contributed by atoms with Crippen LogP contribution in [0.4, 0.5) is 5.69 Å². The van der Waals surface area contributed by atoms with Crippen molar-refractivity contribution >= 4 is 43.2 Å². The van der Waals surface area contributed by atoms with E-state index in [9.17, 15) is 8.42 Å². The maximum atomic E-state index is 12.3. The van der Waals surface area contributed by atoms with Crippen LogP contribution in [0.1, 0.15) is 11.1 Å². The van der Waals surface area contributed by atoms with Gasteiger partial charge in [0.2, 0.25) is 0 Å². The summed E-state index contributed by atoms with van der Waals surface area (Å²) in [5.41, 5.74) is 2.48. The Labute approximate surface area is 132 Å². The Morgan fingerprint density at radius 1 is 1.05 bits per heavy atom. The molecule has 3 nitrogen and oxygen atoms in total. The minimum absolute atomic E-state index is 0.181. The van der Waals surface area contributed by atoms with Gasteiger partial charge < -0.3 is 0 Å². The van der Waals surface area contributed by atoms with E-state index >= 15 is 0 Å². The number of halogens is 2. The van der Waals surface area contributed by atoms with Gasteiger partial charge in [-0.1, -0.05) is 27.5 Å². The summed E-state index contributed by atoms with van der Waals surface area (Å²) in [6.45, 7) is 3.83. The lowest BCUT2D eigenvalue weighted by Gasteiger charge is -2.11. The summed E-state index contributed by atoms with van der Waals surface area (Å²) in [5.74, 6) is 0. The number of benzene rings is 2. The van der Waals surface area contributed by atoms with Gasteiger partial charge in [-0.25, -0.2) is 8.42 Å². The molecule has 0 aliphatic heterocycles. The van der Waals surface area contributed by atoms with Crippen LogP contribution < -0.4 is 4.72 Å². The molecule has 0 saturated heterocycles. The van der Waals surface area contributed by atoms with Crippen LogP contribution in [0.5, 0.6) is 0 Å². The molecule has 0 spiro atoms. The fourth-order valence-corrected chi connectivity index (χ4v) is 3.23. The predicted octanol–water partition coefficient (Wildman–Crippen LogP) is 4.52. The fourth-order valence-electron chi connectivity index (χ4n) is 1.83. The molecule has 0 fully saturated rings. The Kier molecular flexibility index (Phi) is 4.42. The second kappa shape index (κ2) is 5.76. The number of nitrogens with one attached hydrogen (secondary N) is 1. The second-order valence-electron chi connectivity index (χ2n) is 4.48. The van der Waals surface area contributed by atoms with Gasteiger partial charge in [0, 0.05) is 15.2 Å². The monoisotopic (exact) mass is 373 g/mol. The highest BCUT2D eigenvalue weighted by molar-refractivity contribution is 9.10. The number of hydrogen-bond acceptors (Lipinski definition) is 2. The normalized spacial score (nSPS) is 11.4. The molecule has 2 rings (SSSR count). The highest BCUT2D eigenvalue weighted by Gasteiger charge is 2.14. The van der Waals surface area contributed by atoms with Crippen LogP contribution in [0.3, 0.4) is 0 Å². The number of sulfonamides is 1. The zero-order valence-electron chi connectivity index (χ0n) is 10.9. The molecule has 0 saturated carbocycles. The van der Waals surface area contributed by atoms with Crippen molar-refractivity contribution in [1.29, 1.82) is 0 Å². The number of hydrogen-bond donors (Lipinski definition) is 1. The molecule has 0 amide bonds. The zero-order chi connectivity index (χ0) is 14.9. The van der Waals surface area contributed by atoms with E-state index in [4.69, 9.17) is 11.6 Å². The number of aryl methyl sites for hydroxylation is 2. The van der Waals surface area contributed by atoms with E-state index in [0.717, 1.165) is 15.6 Å². The van der Waals surface area contributed by atoms with Gasteiger partial charge in [0.15, 0.2) is 0 Å². The molecule has 2 aromatic carbocycles. The van der Waals surface area contributed by atoms with Crippen LogP contribution in [-0.2, 0) is 10.0 Å². The smallest absolute Gasteiger partial charge is 0.261 e. The van der Waals surface area contributed by atoms with E-state index in [2.05, 4.69) is 20.7 Å². The summed E-state index contributed by atoms with van der Waals surface area (Å²) in [5, 5.41) is 0.499. The zero-order valence-corrected chi connectivity index (χ0v) is 14.1. The molecule has 0 radical (unpaired) electrons. The first-order chi connectivity index (χ1) is 9.29. The van der Waals surface area contributed by atoms with Crippen LogP contribution in [0, 0.1) is 13.8 Å². The molecule has 0 atom stereocenters. The number of anilines is 1. The lowest BCUT2D eigenvalue weighted by atomic mass is 10.1. The Morgan fingerprint density at radius 2 is 1.55 bits per heavy atom. The molecule has 0 aromatic heterocycles. The van der Waals surface area contributed by atoms with Crippen LogP contribution in [0.2, 0.25) is 5.02 Å². The summed E-state index contributed by atoms with van der Waals surface area (Å²) in [4.78, 5) is 0.181. The first-order valence-corrected chi connectivity index (χ1v) is 8.50.